The van der Waals surface area contributed by atoms with E-state index >= 15 is 0 Å². The smallest absolute Gasteiger partial charge is 0.328 e. The van der Waals surface area contributed by atoms with Crippen LogP contribution in [0.1, 0.15) is 56.8 Å². The topological polar surface area (TPSA) is 216 Å². The Morgan fingerprint density at radius 1 is 0.585 bits per heavy atom. The number of hydrogen-bond donors (Lipinski definition) is 6. The molecule has 2 aliphatic heterocycles. The van der Waals surface area contributed by atoms with Crippen LogP contribution in [0.25, 0.3) is 22.5 Å². The summed E-state index contributed by atoms with van der Waals surface area (Å²) in [7, 11) is -1.73. The van der Waals surface area contributed by atoms with Crippen LogP contribution in [0.2, 0.25) is 0 Å². The molecule has 0 radical (unpaired) electrons. The van der Waals surface area contributed by atoms with Crippen molar-refractivity contribution in [1.29, 1.82) is 0 Å². The zero-order valence-electron chi connectivity index (χ0n) is 44.4. The molecule has 1 unspecified atom stereocenters. The van der Waals surface area contributed by atoms with Crippen LogP contribution in [0.3, 0.4) is 0 Å². The van der Waals surface area contributed by atoms with Gasteiger partial charge in [-0.25, -0.2) is 60.7 Å². The molecule has 0 saturated carbocycles. The number of anilines is 7. The molecule has 0 bridgehead atoms. The fourth-order valence-electron chi connectivity index (χ4n) is 8.82. The Kier molecular flexibility index (Phi) is 17.0. The highest BCUT2D eigenvalue weighted by atomic mass is 32.2. The third-order valence-corrected chi connectivity index (χ3v) is 13.6. The number of rotatable bonds is 14. The average molecular weight is 1140 g/mol. The summed E-state index contributed by atoms with van der Waals surface area (Å²) in [4.78, 5) is 71.6. The highest BCUT2D eigenvalue weighted by Gasteiger charge is 2.36. The Balaban J connectivity index is 0.000000198. The number of urea groups is 2. The summed E-state index contributed by atoms with van der Waals surface area (Å²) in [5, 5.41) is 16.9. The summed E-state index contributed by atoms with van der Waals surface area (Å²) in [6.45, 7) is 8.52. The third kappa shape index (κ3) is 12.4. The Bertz CT molecular complexity index is 3800. The van der Waals surface area contributed by atoms with Gasteiger partial charge in [-0.2, -0.15) is 4.98 Å². The minimum atomic E-state index is -1.73. The molecule has 0 spiro atoms. The van der Waals surface area contributed by atoms with Crippen molar-refractivity contribution in [3.05, 3.63) is 190 Å². The zero-order valence-corrected chi connectivity index (χ0v) is 45.2. The molecule has 0 fully saturated rings. The van der Waals surface area contributed by atoms with Gasteiger partial charge >= 0.3 is 12.1 Å². The number of hydrogen-bond acceptors (Lipinski definition) is 11. The fourth-order valence-corrected chi connectivity index (χ4v) is 9.25. The van der Waals surface area contributed by atoms with Gasteiger partial charge in [0.05, 0.1) is 35.3 Å². The van der Waals surface area contributed by atoms with E-state index in [2.05, 4.69) is 46.9 Å². The van der Waals surface area contributed by atoms with Crippen LogP contribution in [0.5, 0.6) is 0 Å². The summed E-state index contributed by atoms with van der Waals surface area (Å²) in [6, 6.07) is 25.7. The van der Waals surface area contributed by atoms with E-state index in [1.54, 1.807) is 43.3 Å². The maximum atomic E-state index is 15.0. The van der Waals surface area contributed by atoms with Crippen LogP contribution in [-0.2, 0) is 23.9 Å². The lowest BCUT2D eigenvalue weighted by atomic mass is 9.97. The number of carbonyl (C=O) groups is 4. The molecule has 8 aromatic rings. The molecule has 0 aliphatic carbocycles. The molecule has 6 amide bonds. The second-order valence-electron chi connectivity index (χ2n) is 19.0. The Morgan fingerprint density at radius 3 is 1.44 bits per heavy atom. The molecule has 0 saturated heterocycles. The number of amides is 6. The lowest BCUT2D eigenvalue weighted by Crippen LogP contribution is -2.43. The number of aromatic nitrogens is 4. The number of aryl methyl sites for hydroxylation is 2. The largest absolute Gasteiger partial charge is 0.353 e. The molecular weight excluding hydrogens is 1090 g/mol. The molecule has 24 heteroatoms. The molecule has 17 nitrogen and oxygen atoms in total. The normalized spacial score (nSPS) is 13.0. The molecule has 2 aromatic heterocycles. The molecule has 6 aromatic carbocycles. The van der Waals surface area contributed by atoms with E-state index in [1.807, 2.05) is 20.8 Å². The van der Waals surface area contributed by atoms with Crippen LogP contribution in [-0.4, -0.2) is 73.4 Å². The lowest BCUT2D eigenvalue weighted by molar-refractivity contribution is 0.101. The first-order valence-electron chi connectivity index (χ1n) is 25.3. The number of para-hydroxylation sites is 2. The maximum absolute atomic E-state index is 15.0. The number of nitrogens with one attached hydrogen (secondary N) is 6. The van der Waals surface area contributed by atoms with Gasteiger partial charge in [0, 0.05) is 70.1 Å². The van der Waals surface area contributed by atoms with Gasteiger partial charge in [0.15, 0.2) is 11.6 Å². The van der Waals surface area contributed by atoms with Gasteiger partial charge in [-0.1, -0.05) is 38.1 Å². The number of fused-ring (bicyclic) bond motifs is 2. The van der Waals surface area contributed by atoms with Crippen LogP contribution >= 0.6 is 0 Å². The lowest BCUT2D eigenvalue weighted by Gasteiger charge is -2.31. The molecule has 4 heterocycles. The van der Waals surface area contributed by atoms with Crippen LogP contribution in [0, 0.1) is 48.8 Å². The van der Waals surface area contributed by atoms with E-state index in [-0.39, 0.29) is 53.1 Å². The van der Waals surface area contributed by atoms with Gasteiger partial charge in [0.2, 0.25) is 11.1 Å². The van der Waals surface area contributed by atoms with E-state index in [4.69, 9.17) is 4.98 Å². The zero-order chi connectivity index (χ0) is 58.5. The number of benzene rings is 6. The van der Waals surface area contributed by atoms with Crippen molar-refractivity contribution in [3.63, 3.8) is 0 Å². The van der Waals surface area contributed by atoms with Crippen molar-refractivity contribution < 1.29 is 49.7 Å². The van der Waals surface area contributed by atoms with E-state index < -0.39 is 81.0 Å². The summed E-state index contributed by atoms with van der Waals surface area (Å²) in [5.41, 5.74) is 3.91. The number of halogens is 6. The Hall–Kier alpha value is -9.55. The average Bonchev–Trinajstić information content (AvgIpc) is 3.35. The standard InChI is InChI=1S/C31H30F3N7O2.C27H20F3N5O3S/c1-17(2)35-13-14-36-30-39-26(22-15-19(8-7-18(22)3)29(42)38-21-11-9-20(32)10-12-21)23-16-37-31(43)41(28(23)40-30)27-24(33)5-4-6-25(27)34;1-14-6-7-15(25(36)32-17-10-8-16(28)9-11-17)12-18(14)22-19-13-31-27(37)35(23-20(29)4-3-5-21(23)30)24(19)34-26(33-22)39(2)38/h4-12,15,17,35H,13-14,16H2,1-3H3,(H,37,43)(H,38,42)(H,36,39,40);3-12H,13H2,1-2H3,(H,31,37)(H,32,36). The maximum Gasteiger partial charge on any atom is 0.328 e. The molecule has 2 aliphatic rings. The summed E-state index contributed by atoms with van der Waals surface area (Å²) >= 11 is 0. The van der Waals surface area contributed by atoms with E-state index in [0.29, 0.717) is 63.5 Å². The molecule has 82 heavy (non-hydrogen) atoms. The summed E-state index contributed by atoms with van der Waals surface area (Å²) in [6.07, 6.45) is 1.34. The SMILES string of the molecule is Cc1ccc(C(=O)Nc2ccc(F)cc2)cc1-c1nc(NCCNC(C)C)nc2c1CNC(=O)N2c1c(F)cccc1F.Cc1ccc(C(=O)Nc2ccc(F)cc2)cc1-c1nc(S(C)=O)nc2c1CNC(=O)N2c1c(F)cccc1F. The number of nitrogens with zero attached hydrogens (tertiary/aromatic N) is 6. The summed E-state index contributed by atoms with van der Waals surface area (Å²) < 4.78 is 98.5. The summed E-state index contributed by atoms with van der Waals surface area (Å²) in [5.74, 6) is -5.62. The van der Waals surface area contributed by atoms with Crippen LogP contribution in [0.4, 0.5) is 76.3 Å². The highest BCUT2D eigenvalue weighted by molar-refractivity contribution is 7.84. The Labute approximate surface area is 468 Å². The first-order valence-corrected chi connectivity index (χ1v) is 26.8. The fraction of sp³-hybridized carbons (Fsp3) is 0.172. The molecule has 6 N–H and O–H groups in total. The Morgan fingerprint density at radius 2 is 1.01 bits per heavy atom. The first kappa shape index (κ1) is 57.1. The van der Waals surface area contributed by atoms with Crippen molar-refractivity contribution in [2.75, 3.05) is 45.1 Å². The monoisotopic (exact) mass is 1140 g/mol. The van der Waals surface area contributed by atoms with Crippen molar-refractivity contribution in [1.82, 2.24) is 35.9 Å². The number of carbonyl (C=O) groups excluding carboxylic acids is 4. The molecular formula is C58H50F6N12O5S. The van der Waals surface area contributed by atoms with Crippen LogP contribution < -0.4 is 41.7 Å². The van der Waals surface area contributed by atoms with Crippen molar-refractivity contribution in [3.8, 4) is 22.5 Å². The minimum absolute atomic E-state index is 0.0117. The van der Waals surface area contributed by atoms with E-state index in [9.17, 15) is 49.7 Å². The van der Waals surface area contributed by atoms with Gasteiger partial charge in [-0.3, -0.25) is 13.8 Å². The van der Waals surface area contributed by atoms with E-state index in [1.165, 1.54) is 66.9 Å². The van der Waals surface area contributed by atoms with Gasteiger partial charge in [-0.15, -0.1) is 0 Å². The van der Waals surface area contributed by atoms with Gasteiger partial charge in [-0.05, 0) is 122 Å². The van der Waals surface area contributed by atoms with Crippen molar-refractivity contribution in [2.45, 2.75) is 52.0 Å². The predicted octanol–water partition coefficient (Wildman–Crippen LogP) is 11.1. The molecule has 10 rings (SSSR count). The molecule has 420 valence electrons. The van der Waals surface area contributed by atoms with Crippen LogP contribution in [0.15, 0.2) is 126 Å². The van der Waals surface area contributed by atoms with Gasteiger partial charge in [0.1, 0.15) is 46.3 Å². The highest BCUT2D eigenvalue weighted by Crippen LogP contribution is 2.41. The minimum Gasteiger partial charge on any atom is -0.353 e. The third-order valence-electron chi connectivity index (χ3n) is 12.9. The molecule has 1 atom stereocenters. The van der Waals surface area contributed by atoms with Gasteiger partial charge in [0.25, 0.3) is 11.8 Å². The van der Waals surface area contributed by atoms with Crippen molar-refractivity contribution in [2.24, 2.45) is 0 Å². The predicted molar refractivity (Wildman–Crippen MR) is 299 cm³/mol. The second-order valence-corrected chi connectivity index (χ2v) is 20.2. The van der Waals surface area contributed by atoms with Crippen molar-refractivity contribution >= 4 is 75.0 Å². The van der Waals surface area contributed by atoms with E-state index in [0.717, 1.165) is 39.6 Å². The second kappa shape index (κ2) is 24.4. The first-order chi connectivity index (χ1) is 39.3. The quantitative estimate of drug-likeness (QED) is 0.0342. The van der Waals surface area contributed by atoms with Gasteiger partial charge < -0.3 is 31.9 Å².